The van der Waals surface area contributed by atoms with E-state index < -0.39 is 0 Å². The second kappa shape index (κ2) is 38.7. The number of hydrogen-bond acceptors (Lipinski definition) is 7. The molecule has 240 valence electrons. The van der Waals surface area contributed by atoms with Gasteiger partial charge in [0.2, 0.25) is 0 Å². The Morgan fingerprint density at radius 1 is 0.525 bits per heavy atom. The van der Waals surface area contributed by atoms with Gasteiger partial charge in [0.15, 0.2) is 0 Å². The van der Waals surface area contributed by atoms with Crippen molar-refractivity contribution in [3.63, 3.8) is 0 Å². The molecule has 0 aliphatic rings. The third-order valence-corrected chi connectivity index (χ3v) is 6.43. The summed E-state index contributed by atoms with van der Waals surface area (Å²) in [4.78, 5) is 33.1. The minimum absolute atomic E-state index is 0. The number of ketones is 3. The van der Waals surface area contributed by atoms with E-state index in [1.54, 1.807) is 0 Å². The minimum atomic E-state index is -0.111. The van der Waals surface area contributed by atoms with Gasteiger partial charge < -0.3 is 20.4 Å². The predicted molar refractivity (Wildman–Crippen MR) is 163 cm³/mol. The van der Waals surface area contributed by atoms with Crippen LogP contribution in [0.5, 0.6) is 0 Å². The molecule has 3 atom stereocenters. The van der Waals surface area contributed by atoms with Crippen molar-refractivity contribution in [1.29, 1.82) is 0 Å². The van der Waals surface area contributed by atoms with E-state index in [1.165, 1.54) is 19.3 Å². The standard InChI is InChI=1S/3C8H16O2.C8H18O.Zr/c3*1-3-5-8(10)7(4-2)6-9;1-8(2)6-4-3-5-7-9;/h3*7,9H,3-6H2,1-2H3;8-9H,3-7H2,1-2H3;. The van der Waals surface area contributed by atoms with Crippen molar-refractivity contribution in [2.45, 2.75) is 139 Å². The normalized spacial score (nSPS) is 12.2. The quantitative estimate of drug-likeness (QED) is 0.113. The van der Waals surface area contributed by atoms with E-state index in [2.05, 4.69) is 13.8 Å². The van der Waals surface area contributed by atoms with Crippen LogP contribution in [0.1, 0.15) is 139 Å². The first-order chi connectivity index (χ1) is 18.5. The van der Waals surface area contributed by atoms with Crippen LogP contribution in [0.3, 0.4) is 0 Å². The summed E-state index contributed by atoms with van der Waals surface area (Å²) in [6.45, 7) is 16.6. The van der Waals surface area contributed by atoms with Crippen molar-refractivity contribution in [3.05, 3.63) is 0 Å². The molecule has 0 spiro atoms. The monoisotopic (exact) mass is 652 g/mol. The molecule has 0 aromatic rings. The van der Waals surface area contributed by atoms with Crippen LogP contribution in [0.4, 0.5) is 0 Å². The zero-order chi connectivity index (χ0) is 31.1. The van der Waals surface area contributed by atoms with E-state index in [0.717, 1.165) is 50.9 Å². The molecule has 0 radical (unpaired) electrons. The Balaban J connectivity index is -0.000000135. The molecule has 0 fully saturated rings. The largest absolute Gasteiger partial charge is 0.396 e. The van der Waals surface area contributed by atoms with Gasteiger partial charge in [-0.2, -0.15) is 0 Å². The fourth-order valence-corrected chi connectivity index (χ4v) is 3.57. The average molecular weight is 654 g/mol. The van der Waals surface area contributed by atoms with E-state index in [0.29, 0.717) is 25.9 Å². The number of hydrogen-bond donors (Lipinski definition) is 4. The summed E-state index contributed by atoms with van der Waals surface area (Å²) in [5.74, 6) is 1.09. The van der Waals surface area contributed by atoms with Gasteiger partial charge in [-0.15, -0.1) is 0 Å². The summed E-state index contributed by atoms with van der Waals surface area (Å²) in [7, 11) is 0. The number of aliphatic hydroxyl groups excluding tert-OH is 4. The molecular formula is C32H66O7Zr. The first-order valence-corrected chi connectivity index (χ1v) is 15.6. The molecule has 0 saturated heterocycles. The van der Waals surface area contributed by atoms with E-state index in [9.17, 15) is 14.4 Å². The molecule has 0 amide bonds. The summed E-state index contributed by atoms with van der Waals surface area (Å²) >= 11 is 0. The molecule has 0 aliphatic heterocycles. The van der Waals surface area contributed by atoms with E-state index in [1.807, 2.05) is 41.5 Å². The zero-order valence-corrected chi connectivity index (χ0v) is 29.8. The molecule has 40 heavy (non-hydrogen) atoms. The first kappa shape index (κ1) is 49.4. The fraction of sp³-hybridized carbons (Fsp3) is 0.906. The maximum absolute atomic E-state index is 11.0. The van der Waals surface area contributed by atoms with Gasteiger partial charge in [-0.25, -0.2) is 0 Å². The molecular weight excluding hydrogens is 588 g/mol. The van der Waals surface area contributed by atoms with Gasteiger partial charge in [-0.3, -0.25) is 14.4 Å². The number of carbonyl (C=O) groups excluding carboxylic acids is 3. The van der Waals surface area contributed by atoms with E-state index in [-0.39, 0.29) is 81.1 Å². The SMILES string of the molecule is CC(C)CCCCCO.CCCC(=O)C(CC)CO.CCCC(=O)C(CC)CO.CCCC(=O)C(CC)CO.[Zr]. The maximum Gasteiger partial charge on any atom is 0.138 e. The predicted octanol–water partition coefficient (Wildman–Crippen LogP) is 6.31. The summed E-state index contributed by atoms with van der Waals surface area (Å²) in [6, 6.07) is 0. The third kappa shape index (κ3) is 33.9. The Morgan fingerprint density at radius 2 is 0.825 bits per heavy atom. The third-order valence-electron chi connectivity index (χ3n) is 6.43. The molecule has 3 unspecified atom stereocenters. The van der Waals surface area contributed by atoms with Crippen LogP contribution in [0.15, 0.2) is 0 Å². The van der Waals surface area contributed by atoms with Crippen LogP contribution in [0.2, 0.25) is 0 Å². The van der Waals surface area contributed by atoms with Gasteiger partial charge in [-0.1, -0.05) is 74.7 Å². The Kier molecular flexibility index (Phi) is 47.8. The van der Waals surface area contributed by atoms with Crippen LogP contribution in [-0.2, 0) is 40.6 Å². The number of unbranched alkanes of at least 4 members (excludes halogenated alkanes) is 2. The molecule has 0 rings (SSSR count). The van der Waals surface area contributed by atoms with Crippen LogP contribution >= 0.6 is 0 Å². The van der Waals surface area contributed by atoms with Crippen molar-refractivity contribution >= 4 is 17.3 Å². The molecule has 7 nitrogen and oxygen atoms in total. The second-order valence-electron chi connectivity index (χ2n) is 10.5. The first-order valence-electron chi connectivity index (χ1n) is 15.6. The van der Waals surface area contributed by atoms with Crippen molar-refractivity contribution < 1.29 is 61.0 Å². The van der Waals surface area contributed by atoms with Crippen LogP contribution in [0.25, 0.3) is 0 Å². The van der Waals surface area contributed by atoms with Crippen molar-refractivity contribution in [2.75, 3.05) is 26.4 Å². The van der Waals surface area contributed by atoms with Crippen molar-refractivity contribution in [3.8, 4) is 0 Å². The molecule has 0 bridgehead atoms. The smallest absolute Gasteiger partial charge is 0.138 e. The topological polar surface area (TPSA) is 132 Å². The van der Waals surface area contributed by atoms with Crippen LogP contribution in [-0.4, -0.2) is 64.2 Å². The van der Waals surface area contributed by atoms with Gasteiger partial charge in [0, 0.05) is 69.8 Å². The van der Waals surface area contributed by atoms with Gasteiger partial charge in [0.05, 0.1) is 19.8 Å². The zero-order valence-electron chi connectivity index (χ0n) is 27.3. The van der Waals surface area contributed by atoms with Crippen molar-refractivity contribution in [2.24, 2.45) is 23.7 Å². The summed E-state index contributed by atoms with van der Waals surface area (Å²) in [5.41, 5.74) is 0. The number of aliphatic hydroxyl groups is 4. The second-order valence-corrected chi connectivity index (χ2v) is 10.5. The Labute approximate surface area is 266 Å². The average Bonchev–Trinajstić information content (AvgIpc) is 2.90. The van der Waals surface area contributed by atoms with Crippen molar-refractivity contribution in [1.82, 2.24) is 0 Å². The van der Waals surface area contributed by atoms with Crippen LogP contribution < -0.4 is 0 Å². The number of rotatable bonds is 20. The Bertz CT molecular complexity index is 468. The van der Waals surface area contributed by atoms with E-state index in [4.69, 9.17) is 20.4 Å². The van der Waals surface area contributed by atoms with Gasteiger partial charge in [0.25, 0.3) is 0 Å². The molecule has 0 aromatic carbocycles. The van der Waals surface area contributed by atoms with Crippen LogP contribution in [0, 0.1) is 23.7 Å². The summed E-state index contributed by atoms with van der Waals surface area (Å²) < 4.78 is 0. The molecule has 8 heteroatoms. The summed E-state index contributed by atoms with van der Waals surface area (Å²) in [6.07, 6.45) is 11.5. The fourth-order valence-electron chi connectivity index (χ4n) is 3.57. The van der Waals surface area contributed by atoms with E-state index >= 15 is 0 Å². The maximum atomic E-state index is 11.0. The minimum Gasteiger partial charge on any atom is -0.396 e. The molecule has 0 aliphatic carbocycles. The van der Waals surface area contributed by atoms with Gasteiger partial charge in [0.1, 0.15) is 17.3 Å². The number of carbonyl (C=O) groups is 3. The molecule has 0 aromatic heterocycles. The molecule has 0 saturated carbocycles. The molecule has 4 N–H and O–H groups in total. The van der Waals surface area contributed by atoms with Gasteiger partial charge in [-0.05, 0) is 50.9 Å². The Hall–Kier alpha value is -0.267. The molecule has 0 heterocycles. The van der Waals surface area contributed by atoms with Gasteiger partial charge >= 0.3 is 0 Å². The number of Topliss-reactive ketones (excluding diaryl/α,β-unsaturated/α-hetero) is 3. The summed E-state index contributed by atoms with van der Waals surface area (Å²) in [5, 5.41) is 34.5. The Morgan fingerprint density at radius 3 is 1.00 bits per heavy atom.